The van der Waals surface area contributed by atoms with Crippen LogP contribution in [-0.2, 0) is 4.79 Å². The van der Waals surface area contributed by atoms with Gasteiger partial charge in [-0.2, -0.15) is 0 Å². The molecule has 3 heteroatoms. The monoisotopic (exact) mass is 143 g/mol. The van der Waals surface area contributed by atoms with Crippen LogP contribution in [0.4, 0.5) is 0 Å². The SMILES string of the molecule is CC1C(=O)N2CCSC12. The number of nitrogens with zero attached hydrogens (tertiary/aromatic N) is 1. The van der Waals surface area contributed by atoms with Gasteiger partial charge in [0, 0.05) is 12.3 Å². The first kappa shape index (κ1) is 5.59. The van der Waals surface area contributed by atoms with Crippen LogP contribution in [0.25, 0.3) is 0 Å². The van der Waals surface area contributed by atoms with Crippen LogP contribution in [0.3, 0.4) is 0 Å². The summed E-state index contributed by atoms with van der Waals surface area (Å²) in [5, 5.41) is 0.539. The number of hydrogen-bond acceptors (Lipinski definition) is 2. The van der Waals surface area contributed by atoms with Crippen LogP contribution in [0.2, 0.25) is 0 Å². The zero-order chi connectivity index (χ0) is 6.43. The Morgan fingerprint density at radius 3 is 3.22 bits per heavy atom. The minimum Gasteiger partial charge on any atom is -0.329 e. The molecule has 0 radical (unpaired) electrons. The van der Waals surface area contributed by atoms with E-state index in [1.807, 2.05) is 23.6 Å². The van der Waals surface area contributed by atoms with Crippen molar-refractivity contribution in [3.05, 3.63) is 0 Å². The molecule has 2 saturated heterocycles. The van der Waals surface area contributed by atoms with Crippen LogP contribution in [0.1, 0.15) is 6.92 Å². The van der Waals surface area contributed by atoms with Gasteiger partial charge in [-0.05, 0) is 0 Å². The summed E-state index contributed by atoms with van der Waals surface area (Å²) < 4.78 is 0. The van der Waals surface area contributed by atoms with Crippen molar-refractivity contribution in [3.63, 3.8) is 0 Å². The first-order chi connectivity index (χ1) is 4.30. The van der Waals surface area contributed by atoms with E-state index in [0.29, 0.717) is 17.2 Å². The van der Waals surface area contributed by atoms with Gasteiger partial charge in [0.15, 0.2) is 0 Å². The number of thioether (sulfide) groups is 1. The number of β-lactam (4-membered cyclic amide) rings is 1. The zero-order valence-corrected chi connectivity index (χ0v) is 6.15. The fourth-order valence-corrected chi connectivity index (χ4v) is 2.78. The van der Waals surface area contributed by atoms with E-state index in [0.717, 1.165) is 12.3 Å². The summed E-state index contributed by atoms with van der Waals surface area (Å²) in [5.41, 5.74) is 0. The van der Waals surface area contributed by atoms with Gasteiger partial charge in [-0.15, -0.1) is 11.8 Å². The summed E-state index contributed by atoms with van der Waals surface area (Å²) in [5.74, 6) is 1.79. The average Bonchev–Trinajstić information content (AvgIpc) is 2.30. The molecule has 2 aliphatic rings. The number of carbonyl (C=O) groups excluding carboxylic acids is 1. The molecule has 9 heavy (non-hydrogen) atoms. The Morgan fingerprint density at radius 1 is 1.78 bits per heavy atom. The number of rotatable bonds is 0. The molecule has 50 valence electrons. The van der Waals surface area contributed by atoms with Crippen LogP contribution in [0.5, 0.6) is 0 Å². The maximum Gasteiger partial charge on any atom is 0.229 e. The number of carbonyl (C=O) groups is 1. The molecule has 0 N–H and O–H groups in total. The second-order valence-electron chi connectivity index (χ2n) is 2.58. The van der Waals surface area contributed by atoms with E-state index in [9.17, 15) is 4.79 Å². The van der Waals surface area contributed by atoms with Gasteiger partial charge >= 0.3 is 0 Å². The van der Waals surface area contributed by atoms with Crippen LogP contribution in [-0.4, -0.2) is 28.5 Å². The highest BCUT2D eigenvalue weighted by atomic mass is 32.2. The Labute approximate surface area is 58.6 Å². The van der Waals surface area contributed by atoms with Crippen molar-refractivity contribution in [2.45, 2.75) is 12.3 Å². The van der Waals surface area contributed by atoms with Gasteiger partial charge in [-0.3, -0.25) is 4.79 Å². The average molecular weight is 143 g/mol. The maximum atomic E-state index is 11.0. The van der Waals surface area contributed by atoms with E-state index >= 15 is 0 Å². The van der Waals surface area contributed by atoms with E-state index in [4.69, 9.17) is 0 Å². The lowest BCUT2D eigenvalue weighted by atomic mass is 10.0. The van der Waals surface area contributed by atoms with Crippen molar-refractivity contribution >= 4 is 17.7 Å². The fraction of sp³-hybridized carbons (Fsp3) is 0.833. The Bertz CT molecular complexity index is 159. The first-order valence-corrected chi connectivity index (χ1v) is 4.27. The summed E-state index contributed by atoms with van der Waals surface area (Å²) in [6.07, 6.45) is 0. The lowest BCUT2D eigenvalue weighted by Crippen LogP contribution is -2.54. The Balaban J connectivity index is 2.14. The quantitative estimate of drug-likeness (QED) is 0.461. The summed E-state index contributed by atoms with van der Waals surface area (Å²) in [4.78, 5) is 12.9. The lowest BCUT2D eigenvalue weighted by Gasteiger charge is -2.39. The van der Waals surface area contributed by atoms with Gasteiger partial charge in [-0.1, -0.05) is 6.92 Å². The van der Waals surface area contributed by atoms with Crippen molar-refractivity contribution in [1.82, 2.24) is 4.90 Å². The first-order valence-electron chi connectivity index (χ1n) is 3.23. The van der Waals surface area contributed by atoms with E-state index in [1.54, 1.807) is 0 Å². The molecule has 2 unspecified atom stereocenters. The van der Waals surface area contributed by atoms with Crippen molar-refractivity contribution in [2.75, 3.05) is 12.3 Å². The van der Waals surface area contributed by atoms with Gasteiger partial charge < -0.3 is 4.90 Å². The molecule has 0 aromatic carbocycles. The molecule has 2 atom stereocenters. The topological polar surface area (TPSA) is 20.3 Å². The Kier molecular flexibility index (Phi) is 1.03. The smallest absolute Gasteiger partial charge is 0.229 e. The molecule has 0 aromatic rings. The molecule has 2 fully saturated rings. The third-order valence-corrected chi connectivity index (χ3v) is 3.45. The summed E-state index contributed by atoms with van der Waals surface area (Å²) in [6.45, 7) is 3.00. The third kappa shape index (κ3) is 0.556. The molecule has 2 aliphatic heterocycles. The third-order valence-electron chi connectivity index (χ3n) is 2.03. The number of fused-ring (bicyclic) bond motifs is 1. The maximum absolute atomic E-state index is 11.0. The second-order valence-corrected chi connectivity index (χ2v) is 3.81. The van der Waals surface area contributed by atoms with Crippen LogP contribution in [0.15, 0.2) is 0 Å². The number of hydrogen-bond donors (Lipinski definition) is 0. The highest BCUT2D eigenvalue weighted by Crippen LogP contribution is 2.39. The normalized spacial score (nSPS) is 40.6. The minimum atomic E-state index is 0.303. The van der Waals surface area contributed by atoms with Gasteiger partial charge in [0.1, 0.15) is 0 Å². The van der Waals surface area contributed by atoms with Crippen LogP contribution >= 0.6 is 11.8 Å². The predicted molar refractivity (Wildman–Crippen MR) is 37.1 cm³/mol. The largest absolute Gasteiger partial charge is 0.329 e. The molecule has 0 bridgehead atoms. The van der Waals surface area contributed by atoms with Crippen molar-refractivity contribution < 1.29 is 4.79 Å². The van der Waals surface area contributed by atoms with Gasteiger partial charge in [-0.25, -0.2) is 0 Å². The minimum absolute atomic E-state index is 0.303. The molecule has 0 saturated carbocycles. The van der Waals surface area contributed by atoms with Gasteiger partial charge in [0.2, 0.25) is 5.91 Å². The molecule has 0 aliphatic carbocycles. The highest BCUT2D eigenvalue weighted by molar-refractivity contribution is 8.00. The van der Waals surface area contributed by atoms with Gasteiger partial charge in [0.05, 0.1) is 11.3 Å². The summed E-state index contributed by atoms with van der Waals surface area (Å²) in [6, 6.07) is 0. The summed E-state index contributed by atoms with van der Waals surface area (Å²) in [7, 11) is 0. The van der Waals surface area contributed by atoms with Crippen LogP contribution < -0.4 is 0 Å². The molecule has 1 amide bonds. The molecule has 2 nitrogen and oxygen atoms in total. The highest BCUT2D eigenvalue weighted by Gasteiger charge is 2.47. The van der Waals surface area contributed by atoms with Gasteiger partial charge in [0.25, 0.3) is 0 Å². The summed E-state index contributed by atoms with van der Waals surface area (Å²) >= 11 is 1.91. The standard InChI is InChI=1S/C6H9NOS/c1-4-5(8)7-2-3-9-6(4)7/h4,6H,2-3H2,1H3. The van der Waals surface area contributed by atoms with E-state index in [-0.39, 0.29) is 0 Å². The predicted octanol–water partition coefficient (Wildman–Crippen LogP) is 0.538. The number of amides is 1. The fourth-order valence-electron chi connectivity index (χ4n) is 1.44. The van der Waals surface area contributed by atoms with E-state index in [1.165, 1.54) is 0 Å². The Hall–Kier alpha value is -0.180. The molecular formula is C6H9NOS. The van der Waals surface area contributed by atoms with E-state index < -0.39 is 0 Å². The Morgan fingerprint density at radius 2 is 2.56 bits per heavy atom. The van der Waals surface area contributed by atoms with Crippen LogP contribution in [0, 0.1) is 5.92 Å². The molecule has 2 heterocycles. The second kappa shape index (κ2) is 1.66. The molecule has 2 rings (SSSR count). The molecule has 0 spiro atoms. The van der Waals surface area contributed by atoms with Crippen molar-refractivity contribution in [1.29, 1.82) is 0 Å². The van der Waals surface area contributed by atoms with Crippen molar-refractivity contribution in [3.8, 4) is 0 Å². The molecule has 0 aromatic heterocycles. The van der Waals surface area contributed by atoms with Crippen molar-refractivity contribution in [2.24, 2.45) is 5.92 Å². The zero-order valence-electron chi connectivity index (χ0n) is 5.33. The van der Waals surface area contributed by atoms with E-state index in [2.05, 4.69) is 0 Å². The lowest BCUT2D eigenvalue weighted by molar-refractivity contribution is -0.147. The molecular weight excluding hydrogens is 134 g/mol.